The SMILES string of the molecule is CC(=O)[C@H](CCCN=C(N)N)N1CCNC(C(C)O)C1=O.CC(c1ccccc1)C(N)C=O. The van der Waals surface area contributed by atoms with E-state index in [0.29, 0.717) is 32.5 Å². The van der Waals surface area contributed by atoms with E-state index < -0.39 is 24.2 Å². The summed E-state index contributed by atoms with van der Waals surface area (Å²) in [6.07, 6.45) is 1.11. The van der Waals surface area contributed by atoms with Crippen molar-refractivity contribution >= 4 is 23.9 Å². The van der Waals surface area contributed by atoms with E-state index in [-0.39, 0.29) is 23.6 Å². The van der Waals surface area contributed by atoms with Crippen molar-refractivity contribution in [2.75, 3.05) is 19.6 Å². The summed E-state index contributed by atoms with van der Waals surface area (Å²) in [6.45, 7) is 6.41. The number of guanidine groups is 1. The molecule has 0 saturated carbocycles. The molecule has 1 aliphatic heterocycles. The number of aldehydes is 1. The van der Waals surface area contributed by atoms with Crippen molar-refractivity contribution in [1.82, 2.24) is 10.2 Å². The minimum atomic E-state index is -0.797. The fourth-order valence-corrected chi connectivity index (χ4v) is 3.57. The first kappa shape index (κ1) is 28.2. The average molecular weight is 463 g/mol. The van der Waals surface area contributed by atoms with Gasteiger partial charge in [-0.3, -0.25) is 14.6 Å². The lowest BCUT2D eigenvalue weighted by Gasteiger charge is -2.38. The minimum Gasteiger partial charge on any atom is -0.391 e. The number of aliphatic imine (C=N–C) groups is 1. The smallest absolute Gasteiger partial charge is 0.243 e. The minimum absolute atomic E-state index is 0.0155. The zero-order chi connectivity index (χ0) is 25.0. The normalized spacial score (nSPS) is 19.4. The second-order valence-electron chi connectivity index (χ2n) is 8.19. The number of nitrogens with two attached hydrogens (primary N) is 3. The number of piperazine rings is 1. The highest BCUT2D eigenvalue weighted by atomic mass is 16.3. The van der Waals surface area contributed by atoms with Crippen LogP contribution in [0.2, 0.25) is 0 Å². The summed E-state index contributed by atoms with van der Waals surface area (Å²) in [6, 6.07) is 8.26. The second-order valence-corrected chi connectivity index (χ2v) is 8.19. The number of nitrogens with one attached hydrogen (secondary N) is 1. The number of ketones is 1. The summed E-state index contributed by atoms with van der Waals surface area (Å²) < 4.78 is 0. The van der Waals surface area contributed by atoms with Crippen molar-refractivity contribution in [2.45, 2.75) is 63.8 Å². The Morgan fingerprint density at radius 1 is 1.30 bits per heavy atom. The van der Waals surface area contributed by atoms with Gasteiger partial charge >= 0.3 is 0 Å². The molecule has 1 heterocycles. The van der Waals surface area contributed by atoms with Gasteiger partial charge in [-0.15, -0.1) is 0 Å². The van der Waals surface area contributed by atoms with E-state index in [1.165, 1.54) is 6.92 Å². The molecule has 33 heavy (non-hydrogen) atoms. The molecule has 1 fully saturated rings. The number of amides is 1. The van der Waals surface area contributed by atoms with Crippen LogP contribution in [0.4, 0.5) is 0 Å². The molecule has 0 bridgehead atoms. The van der Waals surface area contributed by atoms with Gasteiger partial charge in [-0.25, -0.2) is 0 Å². The number of nitrogens with zero attached hydrogens (tertiary/aromatic N) is 2. The summed E-state index contributed by atoms with van der Waals surface area (Å²) in [5.74, 6) is -0.192. The Balaban J connectivity index is 0.000000383. The maximum absolute atomic E-state index is 12.3. The maximum Gasteiger partial charge on any atom is 0.243 e. The molecule has 0 aromatic heterocycles. The molecule has 1 amide bonds. The molecule has 10 heteroatoms. The highest BCUT2D eigenvalue weighted by Gasteiger charge is 2.36. The molecule has 2 rings (SSSR count). The maximum atomic E-state index is 12.3. The molecule has 1 aromatic carbocycles. The van der Waals surface area contributed by atoms with Crippen molar-refractivity contribution in [3.63, 3.8) is 0 Å². The third kappa shape index (κ3) is 9.29. The predicted octanol–water partition coefficient (Wildman–Crippen LogP) is -0.505. The van der Waals surface area contributed by atoms with Gasteiger partial charge in [0, 0.05) is 25.6 Å². The summed E-state index contributed by atoms with van der Waals surface area (Å²) in [4.78, 5) is 40.0. The van der Waals surface area contributed by atoms with Crippen LogP contribution in [0.15, 0.2) is 35.3 Å². The van der Waals surface area contributed by atoms with Gasteiger partial charge in [0.15, 0.2) is 11.7 Å². The summed E-state index contributed by atoms with van der Waals surface area (Å²) in [7, 11) is 0. The summed E-state index contributed by atoms with van der Waals surface area (Å²) in [5, 5.41) is 12.6. The zero-order valence-electron chi connectivity index (χ0n) is 19.7. The van der Waals surface area contributed by atoms with Crippen LogP contribution >= 0.6 is 0 Å². The quantitative estimate of drug-likeness (QED) is 0.134. The number of Topliss-reactive ketones (excluding diaryl/α,β-unsaturated/α-hetero) is 1. The number of carbonyl (C=O) groups excluding carboxylic acids is 3. The third-order valence-electron chi connectivity index (χ3n) is 5.58. The van der Waals surface area contributed by atoms with E-state index in [4.69, 9.17) is 17.2 Å². The molecule has 8 N–H and O–H groups in total. The number of carbonyl (C=O) groups is 3. The van der Waals surface area contributed by atoms with Crippen LogP contribution in [0.1, 0.15) is 45.1 Å². The van der Waals surface area contributed by atoms with Gasteiger partial charge in [0.25, 0.3) is 0 Å². The molecule has 0 radical (unpaired) electrons. The van der Waals surface area contributed by atoms with Crippen LogP contribution in [0.3, 0.4) is 0 Å². The first-order valence-electron chi connectivity index (χ1n) is 11.1. The fourth-order valence-electron chi connectivity index (χ4n) is 3.57. The summed E-state index contributed by atoms with van der Waals surface area (Å²) in [5.41, 5.74) is 17.2. The largest absolute Gasteiger partial charge is 0.391 e. The van der Waals surface area contributed by atoms with E-state index in [1.54, 1.807) is 11.8 Å². The molecule has 10 nitrogen and oxygen atoms in total. The zero-order valence-corrected chi connectivity index (χ0v) is 19.7. The molecule has 0 aliphatic carbocycles. The Morgan fingerprint density at radius 3 is 2.45 bits per heavy atom. The highest BCUT2D eigenvalue weighted by molar-refractivity contribution is 5.90. The lowest BCUT2D eigenvalue weighted by atomic mass is 9.95. The molecule has 5 atom stereocenters. The number of rotatable bonds is 10. The van der Waals surface area contributed by atoms with Crippen LogP contribution in [0, 0.1) is 0 Å². The average Bonchev–Trinajstić information content (AvgIpc) is 2.79. The molecular weight excluding hydrogens is 424 g/mol. The van der Waals surface area contributed by atoms with Crippen LogP contribution in [-0.2, 0) is 14.4 Å². The van der Waals surface area contributed by atoms with Gasteiger partial charge in [-0.1, -0.05) is 37.3 Å². The van der Waals surface area contributed by atoms with Gasteiger partial charge in [0.05, 0.1) is 18.2 Å². The van der Waals surface area contributed by atoms with Crippen LogP contribution in [0.5, 0.6) is 0 Å². The van der Waals surface area contributed by atoms with Crippen molar-refractivity contribution in [3.05, 3.63) is 35.9 Å². The molecular formula is C23H38N6O4. The lowest BCUT2D eigenvalue weighted by Crippen LogP contribution is -2.62. The van der Waals surface area contributed by atoms with Crippen LogP contribution in [-0.4, -0.2) is 77.8 Å². The van der Waals surface area contributed by atoms with Crippen molar-refractivity contribution < 1.29 is 19.5 Å². The van der Waals surface area contributed by atoms with Crippen molar-refractivity contribution in [2.24, 2.45) is 22.2 Å². The Labute approximate surface area is 195 Å². The van der Waals surface area contributed by atoms with E-state index >= 15 is 0 Å². The number of benzene rings is 1. The Bertz CT molecular complexity index is 782. The predicted molar refractivity (Wildman–Crippen MR) is 128 cm³/mol. The second kappa shape index (κ2) is 14.4. The number of aliphatic hydroxyl groups is 1. The van der Waals surface area contributed by atoms with Gasteiger partial charge < -0.3 is 37.3 Å². The third-order valence-corrected chi connectivity index (χ3v) is 5.58. The van der Waals surface area contributed by atoms with Gasteiger partial charge in [0.2, 0.25) is 5.91 Å². The highest BCUT2D eigenvalue weighted by Crippen LogP contribution is 2.16. The molecule has 1 aliphatic rings. The van der Waals surface area contributed by atoms with Gasteiger partial charge in [0.1, 0.15) is 12.3 Å². The van der Waals surface area contributed by atoms with Gasteiger partial charge in [-0.2, -0.15) is 0 Å². The van der Waals surface area contributed by atoms with Crippen LogP contribution in [0.25, 0.3) is 0 Å². The molecule has 0 spiro atoms. The Kier molecular flexibility index (Phi) is 12.3. The standard InChI is InChI=1S/C13H25N5O3.C10H13NO/c1-8(19)10(4-3-5-17-13(14)15)18-7-6-16-11(9(2)20)12(18)21;1-8(10(11)7-12)9-5-3-2-4-6-9/h9-11,16,20H,3-7H2,1-2H3,(H4,14,15,17);2-8,10H,11H2,1H3/t9?,10-,11?;/m0./s1. The number of aliphatic hydroxyl groups excluding tert-OH is 1. The number of hydrogen-bond acceptors (Lipinski definition) is 7. The van der Waals surface area contributed by atoms with E-state index in [1.807, 2.05) is 37.3 Å². The first-order chi connectivity index (χ1) is 15.6. The van der Waals surface area contributed by atoms with E-state index in [9.17, 15) is 19.5 Å². The first-order valence-corrected chi connectivity index (χ1v) is 11.1. The Morgan fingerprint density at radius 2 is 1.94 bits per heavy atom. The van der Waals surface area contributed by atoms with Crippen molar-refractivity contribution in [1.29, 1.82) is 0 Å². The van der Waals surface area contributed by atoms with Crippen LogP contribution < -0.4 is 22.5 Å². The number of hydrogen-bond donors (Lipinski definition) is 5. The Hall–Kier alpha value is -2.82. The molecule has 184 valence electrons. The van der Waals surface area contributed by atoms with Gasteiger partial charge in [-0.05, 0) is 32.3 Å². The molecule has 1 saturated heterocycles. The molecule has 1 aromatic rings. The van der Waals surface area contributed by atoms with Crippen molar-refractivity contribution in [3.8, 4) is 0 Å². The lowest BCUT2D eigenvalue weighted by molar-refractivity contribution is -0.145. The van der Waals surface area contributed by atoms with E-state index in [0.717, 1.165) is 11.8 Å². The fraction of sp³-hybridized carbons (Fsp3) is 0.565. The monoisotopic (exact) mass is 462 g/mol. The summed E-state index contributed by atoms with van der Waals surface area (Å²) >= 11 is 0. The molecule has 4 unspecified atom stereocenters. The van der Waals surface area contributed by atoms with E-state index in [2.05, 4.69) is 10.3 Å². The topological polar surface area (TPSA) is 177 Å².